The summed E-state index contributed by atoms with van der Waals surface area (Å²) in [5, 5.41) is 0. The van der Waals surface area contributed by atoms with Crippen LogP contribution in [0.25, 0.3) is 0 Å². The first-order valence-corrected chi connectivity index (χ1v) is 6.55. The van der Waals surface area contributed by atoms with E-state index in [1.54, 1.807) is 0 Å². The number of aryl methyl sites for hydroxylation is 1. The molecule has 1 amide bonds. The predicted molar refractivity (Wildman–Crippen MR) is 71.2 cm³/mol. The van der Waals surface area contributed by atoms with E-state index < -0.39 is 0 Å². The summed E-state index contributed by atoms with van der Waals surface area (Å²) in [6, 6.07) is 8.29. The van der Waals surface area contributed by atoms with Crippen molar-refractivity contribution in [2.75, 3.05) is 20.3 Å². The van der Waals surface area contributed by atoms with Crippen molar-refractivity contribution in [3.63, 3.8) is 0 Å². The number of carbonyl (C=O) groups excluding carboxylic acids is 1. The van der Waals surface area contributed by atoms with Gasteiger partial charge in [0, 0.05) is 20.2 Å². The van der Waals surface area contributed by atoms with Crippen molar-refractivity contribution >= 4 is 5.91 Å². The predicted octanol–water partition coefficient (Wildman–Crippen LogP) is 2.38. The van der Waals surface area contributed by atoms with Crippen LogP contribution < -0.4 is 0 Å². The summed E-state index contributed by atoms with van der Waals surface area (Å²) in [5.74, 6) is 0.254. The highest BCUT2D eigenvalue weighted by molar-refractivity contribution is 5.78. The third-order valence-electron chi connectivity index (χ3n) is 3.39. The van der Waals surface area contributed by atoms with Gasteiger partial charge < -0.3 is 9.64 Å². The molecule has 1 aromatic rings. The molecule has 1 aromatic carbocycles. The number of ether oxygens (including phenoxy) is 1. The van der Waals surface area contributed by atoms with Gasteiger partial charge in [-0.3, -0.25) is 4.79 Å². The fourth-order valence-corrected chi connectivity index (χ4v) is 2.41. The summed E-state index contributed by atoms with van der Waals surface area (Å²) in [4.78, 5) is 14.0. The minimum absolute atomic E-state index is 0.0496. The number of amides is 1. The number of nitrogens with zero attached hydrogens (tertiary/aromatic N) is 1. The topological polar surface area (TPSA) is 29.5 Å². The molecule has 0 spiro atoms. The van der Waals surface area contributed by atoms with Gasteiger partial charge in [0.15, 0.2) is 0 Å². The van der Waals surface area contributed by atoms with Gasteiger partial charge in [-0.05, 0) is 25.3 Å². The quantitative estimate of drug-likeness (QED) is 0.820. The first-order chi connectivity index (χ1) is 8.66. The van der Waals surface area contributed by atoms with Crippen LogP contribution in [0, 0.1) is 12.8 Å². The maximum atomic E-state index is 12.2. The smallest absolute Gasteiger partial charge is 0.228 e. The average molecular weight is 247 g/mol. The summed E-state index contributed by atoms with van der Waals surface area (Å²) >= 11 is 0. The second kappa shape index (κ2) is 6.01. The lowest BCUT2D eigenvalue weighted by molar-refractivity contribution is -0.138. The Hall–Kier alpha value is -1.35. The molecule has 18 heavy (non-hydrogen) atoms. The molecule has 0 aliphatic carbocycles. The summed E-state index contributed by atoms with van der Waals surface area (Å²) in [6.07, 6.45) is 1.95. The monoisotopic (exact) mass is 247 g/mol. The van der Waals surface area contributed by atoms with Gasteiger partial charge in [0.05, 0.1) is 12.5 Å². The zero-order valence-electron chi connectivity index (χ0n) is 11.2. The van der Waals surface area contributed by atoms with E-state index in [9.17, 15) is 4.79 Å². The molecule has 1 fully saturated rings. The molecular weight excluding hydrogens is 226 g/mol. The number of hydrogen-bond donors (Lipinski definition) is 0. The molecule has 1 aliphatic rings. The maximum Gasteiger partial charge on any atom is 0.228 e. The standard InChI is InChI=1S/C15H21NO2/c1-12-5-3-6-13(9-12)10-16(2)15(17)14-7-4-8-18-11-14/h3,5-6,9,14H,4,7-8,10-11H2,1-2H3. The maximum absolute atomic E-state index is 12.2. The molecule has 3 nitrogen and oxygen atoms in total. The van der Waals surface area contributed by atoms with E-state index in [1.165, 1.54) is 11.1 Å². The Morgan fingerprint density at radius 1 is 1.50 bits per heavy atom. The average Bonchev–Trinajstić information content (AvgIpc) is 2.39. The molecule has 0 aromatic heterocycles. The second-order valence-electron chi connectivity index (χ2n) is 5.10. The zero-order chi connectivity index (χ0) is 13.0. The van der Waals surface area contributed by atoms with Gasteiger partial charge in [0.2, 0.25) is 5.91 Å². The SMILES string of the molecule is Cc1cccc(CN(C)C(=O)C2CCCOC2)c1. The molecule has 3 heteroatoms. The van der Waals surface area contributed by atoms with Crippen LogP contribution >= 0.6 is 0 Å². The van der Waals surface area contributed by atoms with E-state index in [4.69, 9.17) is 4.74 Å². The molecule has 2 rings (SSSR count). The minimum atomic E-state index is 0.0496. The highest BCUT2D eigenvalue weighted by Crippen LogP contribution is 2.17. The third-order valence-corrected chi connectivity index (χ3v) is 3.39. The second-order valence-corrected chi connectivity index (χ2v) is 5.10. The third kappa shape index (κ3) is 3.33. The van der Waals surface area contributed by atoms with Gasteiger partial charge in [0.25, 0.3) is 0 Å². The molecule has 0 N–H and O–H groups in total. The Morgan fingerprint density at radius 3 is 3.00 bits per heavy atom. The number of rotatable bonds is 3. The van der Waals surface area contributed by atoms with E-state index in [-0.39, 0.29) is 11.8 Å². The Morgan fingerprint density at radius 2 is 2.33 bits per heavy atom. The molecular formula is C15H21NO2. The van der Waals surface area contributed by atoms with E-state index >= 15 is 0 Å². The highest BCUT2D eigenvalue weighted by atomic mass is 16.5. The largest absolute Gasteiger partial charge is 0.381 e. The first kappa shape index (κ1) is 13.1. The van der Waals surface area contributed by atoms with Crippen LogP contribution in [0.1, 0.15) is 24.0 Å². The molecule has 1 aliphatic heterocycles. The van der Waals surface area contributed by atoms with Crippen LogP contribution in [0.5, 0.6) is 0 Å². The summed E-state index contributed by atoms with van der Waals surface area (Å²) in [7, 11) is 1.87. The fourth-order valence-electron chi connectivity index (χ4n) is 2.41. The van der Waals surface area contributed by atoms with Crippen LogP contribution in [0.4, 0.5) is 0 Å². The van der Waals surface area contributed by atoms with E-state index in [2.05, 4.69) is 25.1 Å². The van der Waals surface area contributed by atoms with Crippen LogP contribution in [0.3, 0.4) is 0 Å². The highest BCUT2D eigenvalue weighted by Gasteiger charge is 2.24. The molecule has 1 atom stereocenters. The Balaban J connectivity index is 1.94. The number of benzene rings is 1. The molecule has 98 valence electrons. The molecule has 1 heterocycles. The summed E-state index contributed by atoms with van der Waals surface area (Å²) in [5.41, 5.74) is 2.41. The van der Waals surface area contributed by atoms with Crippen molar-refractivity contribution in [2.24, 2.45) is 5.92 Å². The first-order valence-electron chi connectivity index (χ1n) is 6.55. The van der Waals surface area contributed by atoms with Gasteiger partial charge in [-0.1, -0.05) is 29.8 Å². The lowest BCUT2D eigenvalue weighted by Crippen LogP contribution is -2.36. The van der Waals surface area contributed by atoms with Gasteiger partial charge in [0.1, 0.15) is 0 Å². The Bertz CT molecular complexity index is 411. The van der Waals surface area contributed by atoms with Crippen molar-refractivity contribution < 1.29 is 9.53 Å². The number of carbonyl (C=O) groups is 1. The molecule has 0 bridgehead atoms. The number of hydrogen-bond acceptors (Lipinski definition) is 2. The van der Waals surface area contributed by atoms with Crippen molar-refractivity contribution in [3.05, 3.63) is 35.4 Å². The van der Waals surface area contributed by atoms with Gasteiger partial charge in [-0.25, -0.2) is 0 Å². The van der Waals surface area contributed by atoms with Crippen molar-refractivity contribution in [1.82, 2.24) is 4.90 Å². The van der Waals surface area contributed by atoms with E-state index in [1.807, 2.05) is 18.0 Å². The Labute approximate surface area is 109 Å². The van der Waals surface area contributed by atoms with Crippen molar-refractivity contribution in [1.29, 1.82) is 0 Å². The molecule has 1 unspecified atom stereocenters. The molecule has 1 saturated heterocycles. The van der Waals surface area contributed by atoms with Crippen molar-refractivity contribution in [2.45, 2.75) is 26.3 Å². The summed E-state index contributed by atoms with van der Waals surface area (Å²) in [6.45, 7) is 4.12. The van der Waals surface area contributed by atoms with Gasteiger partial charge in [-0.15, -0.1) is 0 Å². The molecule has 0 saturated carbocycles. The zero-order valence-corrected chi connectivity index (χ0v) is 11.2. The normalized spacial score (nSPS) is 19.6. The molecule has 0 radical (unpaired) electrons. The Kier molecular flexibility index (Phi) is 4.37. The van der Waals surface area contributed by atoms with Crippen LogP contribution in [-0.2, 0) is 16.1 Å². The van der Waals surface area contributed by atoms with Crippen LogP contribution in [-0.4, -0.2) is 31.1 Å². The fraction of sp³-hybridized carbons (Fsp3) is 0.533. The van der Waals surface area contributed by atoms with Crippen LogP contribution in [0.2, 0.25) is 0 Å². The van der Waals surface area contributed by atoms with Crippen molar-refractivity contribution in [3.8, 4) is 0 Å². The minimum Gasteiger partial charge on any atom is -0.381 e. The lowest BCUT2D eigenvalue weighted by atomic mass is 10.0. The van der Waals surface area contributed by atoms with Gasteiger partial charge >= 0.3 is 0 Å². The summed E-state index contributed by atoms with van der Waals surface area (Å²) < 4.78 is 5.38. The van der Waals surface area contributed by atoms with E-state index in [0.717, 1.165) is 19.4 Å². The van der Waals surface area contributed by atoms with Crippen LogP contribution in [0.15, 0.2) is 24.3 Å². The lowest BCUT2D eigenvalue weighted by Gasteiger charge is -2.26. The van der Waals surface area contributed by atoms with E-state index in [0.29, 0.717) is 13.2 Å². The van der Waals surface area contributed by atoms with Gasteiger partial charge in [-0.2, -0.15) is 0 Å².